The summed E-state index contributed by atoms with van der Waals surface area (Å²) in [6.45, 7) is 1.80. The summed E-state index contributed by atoms with van der Waals surface area (Å²) in [7, 11) is 0. The summed E-state index contributed by atoms with van der Waals surface area (Å²) in [6.07, 6.45) is 0.778. The molecule has 1 aromatic carbocycles. The third-order valence-corrected chi connectivity index (χ3v) is 3.25. The largest absolute Gasteiger partial charge is 0.511 e. The second-order valence-electron chi connectivity index (χ2n) is 4.68. The van der Waals surface area contributed by atoms with Crippen LogP contribution in [0.3, 0.4) is 0 Å². The summed E-state index contributed by atoms with van der Waals surface area (Å²) in [5, 5.41) is 19.5. The molecule has 1 heterocycles. The van der Waals surface area contributed by atoms with Crippen LogP contribution < -0.4 is 5.56 Å². The highest BCUT2D eigenvalue weighted by atomic mass is 35.5. The van der Waals surface area contributed by atoms with Gasteiger partial charge in [-0.05, 0) is 25.5 Å². The van der Waals surface area contributed by atoms with Gasteiger partial charge in [-0.25, -0.2) is 4.98 Å². The number of H-pyrrole nitrogens is 1. The third-order valence-electron chi connectivity index (χ3n) is 3.03. The number of rotatable bonds is 4. The number of aromatic amines is 1. The summed E-state index contributed by atoms with van der Waals surface area (Å²) in [6, 6.07) is 8.71. The number of halogens is 1. The van der Waals surface area contributed by atoms with Crippen molar-refractivity contribution in [2.45, 2.75) is 25.1 Å². The Hall–Kier alpha value is -2.32. The van der Waals surface area contributed by atoms with Crippen LogP contribution in [0, 0.1) is 11.3 Å². The van der Waals surface area contributed by atoms with Crippen molar-refractivity contribution in [2.75, 3.05) is 0 Å². The van der Waals surface area contributed by atoms with Crippen molar-refractivity contribution in [2.24, 2.45) is 0 Å². The molecule has 2 rings (SSSR count). The molecule has 1 unspecified atom stereocenters. The number of fused-ring (bicyclic) bond motifs is 1. The Bertz CT molecular complexity index is 787. The molecule has 0 aliphatic carbocycles. The highest BCUT2D eigenvalue weighted by molar-refractivity contribution is 6.20. The molecular weight excluding hydrogens is 290 g/mol. The molecule has 0 aliphatic heterocycles. The van der Waals surface area contributed by atoms with Crippen molar-refractivity contribution < 1.29 is 5.11 Å². The van der Waals surface area contributed by atoms with E-state index in [1.807, 2.05) is 6.07 Å². The third kappa shape index (κ3) is 3.41. The van der Waals surface area contributed by atoms with E-state index in [0.29, 0.717) is 17.3 Å². The number of para-hydroxylation sites is 1. The van der Waals surface area contributed by atoms with Gasteiger partial charge in [-0.15, -0.1) is 11.6 Å². The van der Waals surface area contributed by atoms with Gasteiger partial charge < -0.3 is 10.1 Å². The van der Waals surface area contributed by atoms with Gasteiger partial charge in [0.2, 0.25) is 0 Å². The fourth-order valence-electron chi connectivity index (χ4n) is 1.92. The first-order valence-electron chi connectivity index (χ1n) is 6.48. The zero-order valence-corrected chi connectivity index (χ0v) is 12.2. The first-order chi connectivity index (χ1) is 10.0. The van der Waals surface area contributed by atoms with E-state index in [4.69, 9.17) is 11.6 Å². The zero-order valence-electron chi connectivity index (χ0n) is 11.4. The normalized spacial score (nSPS) is 13.6. The molecule has 1 atom stereocenters. The number of aromatic nitrogens is 2. The molecule has 0 spiro atoms. The molecule has 1 aromatic heterocycles. The van der Waals surface area contributed by atoms with Crippen molar-refractivity contribution in [3.63, 3.8) is 0 Å². The van der Waals surface area contributed by atoms with Crippen molar-refractivity contribution in [1.29, 1.82) is 5.26 Å². The second-order valence-corrected chi connectivity index (χ2v) is 5.43. The van der Waals surface area contributed by atoms with Gasteiger partial charge in [0, 0.05) is 11.8 Å². The molecule has 2 aromatic rings. The van der Waals surface area contributed by atoms with Crippen molar-refractivity contribution in [3.05, 3.63) is 46.2 Å². The smallest absolute Gasteiger partial charge is 0.259 e. The molecule has 0 radical (unpaired) electrons. The van der Waals surface area contributed by atoms with Gasteiger partial charge in [0.25, 0.3) is 5.56 Å². The van der Waals surface area contributed by atoms with Crippen LogP contribution in [0.15, 0.2) is 34.8 Å². The van der Waals surface area contributed by atoms with Gasteiger partial charge >= 0.3 is 0 Å². The van der Waals surface area contributed by atoms with Gasteiger partial charge in [0.05, 0.1) is 10.9 Å². The zero-order chi connectivity index (χ0) is 15.4. The van der Waals surface area contributed by atoms with Gasteiger partial charge in [-0.1, -0.05) is 12.1 Å². The highest BCUT2D eigenvalue weighted by Crippen LogP contribution is 2.19. The van der Waals surface area contributed by atoms with Crippen molar-refractivity contribution >= 4 is 28.1 Å². The monoisotopic (exact) mass is 303 g/mol. The minimum atomic E-state index is -0.345. The molecule has 0 fully saturated rings. The number of benzene rings is 1. The lowest BCUT2D eigenvalue weighted by atomic mass is 10.1. The standard InChI is InChI=1S/C15H14ClN3O2/c1-9(16)6-7-13(20)11(8-17)14-18-12-5-3-2-4-10(12)15(21)19-14/h2-5,9,20H,6-7H2,1H3,(H,18,19,21)/b13-11-. The SMILES string of the molecule is CC(Cl)CC/C(O)=C(\C#N)c1nc2ccccc2c(=O)[nH]1. The topological polar surface area (TPSA) is 89.8 Å². The number of nitrogens with one attached hydrogen (secondary N) is 1. The molecule has 0 amide bonds. The Morgan fingerprint density at radius 2 is 2.24 bits per heavy atom. The number of aliphatic hydroxyl groups is 1. The van der Waals surface area contributed by atoms with Gasteiger partial charge in [0.1, 0.15) is 17.4 Å². The van der Waals surface area contributed by atoms with E-state index in [0.717, 1.165) is 0 Å². The lowest BCUT2D eigenvalue weighted by Gasteiger charge is -2.06. The summed E-state index contributed by atoms with van der Waals surface area (Å²) in [4.78, 5) is 18.7. The molecule has 0 aliphatic rings. The molecule has 0 saturated heterocycles. The van der Waals surface area contributed by atoms with Crippen LogP contribution in [-0.4, -0.2) is 20.5 Å². The van der Waals surface area contributed by atoms with Crippen molar-refractivity contribution in [1.82, 2.24) is 9.97 Å². The molecule has 0 saturated carbocycles. The van der Waals surface area contributed by atoms with Crippen LogP contribution in [0.2, 0.25) is 0 Å². The Labute approximate surface area is 126 Å². The van der Waals surface area contributed by atoms with E-state index in [1.165, 1.54) is 0 Å². The molecule has 2 N–H and O–H groups in total. The molecular formula is C15H14ClN3O2. The maximum Gasteiger partial charge on any atom is 0.259 e. The highest BCUT2D eigenvalue weighted by Gasteiger charge is 2.13. The summed E-state index contributed by atoms with van der Waals surface area (Å²) >= 11 is 5.83. The Kier molecular flexibility index (Phi) is 4.61. The molecule has 21 heavy (non-hydrogen) atoms. The molecule has 6 heteroatoms. The van der Waals surface area contributed by atoms with E-state index in [1.54, 1.807) is 31.2 Å². The number of nitriles is 1. The molecule has 5 nitrogen and oxygen atoms in total. The van der Waals surface area contributed by atoms with Gasteiger partial charge in [-0.3, -0.25) is 4.79 Å². The van der Waals surface area contributed by atoms with Crippen LogP contribution >= 0.6 is 11.6 Å². The Morgan fingerprint density at radius 3 is 2.90 bits per heavy atom. The minimum absolute atomic E-state index is 0.0323. The minimum Gasteiger partial charge on any atom is -0.511 e. The first-order valence-corrected chi connectivity index (χ1v) is 6.92. The van der Waals surface area contributed by atoms with E-state index < -0.39 is 0 Å². The average Bonchev–Trinajstić information content (AvgIpc) is 2.46. The first kappa shape index (κ1) is 15.1. The maximum absolute atomic E-state index is 12.0. The lowest BCUT2D eigenvalue weighted by molar-refractivity contribution is 0.387. The Balaban J connectivity index is 2.51. The average molecular weight is 304 g/mol. The van der Waals surface area contributed by atoms with Crippen LogP contribution in [-0.2, 0) is 0 Å². The predicted molar refractivity (Wildman–Crippen MR) is 82.1 cm³/mol. The molecule has 0 bridgehead atoms. The maximum atomic E-state index is 12.0. The lowest BCUT2D eigenvalue weighted by Crippen LogP contribution is -2.12. The van der Waals surface area contributed by atoms with E-state index in [-0.39, 0.29) is 34.5 Å². The number of hydrogen-bond acceptors (Lipinski definition) is 4. The number of aliphatic hydroxyl groups excluding tert-OH is 1. The van der Waals surface area contributed by atoms with Crippen LogP contribution in [0.1, 0.15) is 25.6 Å². The van der Waals surface area contributed by atoms with Crippen LogP contribution in [0.4, 0.5) is 0 Å². The number of allylic oxidation sites excluding steroid dienone is 2. The molecule has 108 valence electrons. The summed E-state index contributed by atoms with van der Waals surface area (Å²) < 4.78 is 0. The van der Waals surface area contributed by atoms with E-state index >= 15 is 0 Å². The van der Waals surface area contributed by atoms with Crippen molar-refractivity contribution in [3.8, 4) is 6.07 Å². The van der Waals surface area contributed by atoms with Gasteiger partial charge in [-0.2, -0.15) is 5.26 Å². The van der Waals surface area contributed by atoms with E-state index in [2.05, 4.69) is 9.97 Å². The van der Waals surface area contributed by atoms with Crippen LogP contribution in [0.25, 0.3) is 16.5 Å². The van der Waals surface area contributed by atoms with Gasteiger partial charge in [0.15, 0.2) is 5.82 Å². The second kappa shape index (κ2) is 6.42. The number of hydrogen-bond donors (Lipinski definition) is 2. The van der Waals surface area contributed by atoms with E-state index in [9.17, 15) is 15.2 Å². The number of alkyl halides is 1. The summed E-state index contributed by atoms with van der Waals surface area (Å²) in [5.74, 6) is -0.0515. The fourth-order valence-corrected chi connectivity index (χ4v) is 2.03. The van der Waals surface area contributed by atoms with Crippen LogP contribution in [0.5, 0.6) is 0 Å². The fraction of sp³-hybridized carbons (Fsp3) is 0.267. The number of nitrogens with zero attached hydrogens (tertiary/aromatic N) is 2. The summed E-state index contributed by atoms with van der Waals surface area (Å²) in [5.41, 5.74) is 0.0968. The quantitative estimate of drug-likeness (QED) is 0.516. The Morgan fingerprint density at radius 1 is 1.52 bits per heavy atom. The predicted octanol–water partition coefficient (Wildman–Crippen LogP) is 3.12.